The predicted octanol–water partition coefficient (Wildman–Crippen LogP) is 0.254. The molecule has 20 heavy (non-hydrogen) atoms. The number of H-pyrrole nitrogens is 1. The number of hydrogen-bond donors (Lipinski definition) is 3. The van der Waals surface area contributed by atoms with Crippen molar-refractivity contribution in [2.24, 2.45) is 5.73 Å². The van der Waals surface area contributed by atoms with Crippen molar-refractivity contribution >= 4 is 23.1 Å². The number of nitrogens with two attached hydrogens (primary N) is 1. The van der Waals surface area contributed by atoms with Gasteiger partial charge in [-0.25, -0.2) is 0 Å². The van der Waals surface area contributed by atoms with Gasteiger partial charge < -0.3 is 11.1 Å². The summed E-state index contributed by atoms with van der Waals surface area (Å²) in [6.45, 7) is 1.79. The second-order valence-electron chi connectivity index (χ2n) is 4.30. The number of carbonyl (C=O) groups excluding carboxylic acids is 1. The first-order chi connectivity index (χ1) is 9.56. The monoisotopic (exact) mass is 290 g/mol. The van der Waals surface area contributed by atoms with E-state index in [1.54, 1.807) is 19.1 Å². The van der Waals surface area contributed by atoms with Crippen molar-refractivity contribution in [3.8, 4) is 0 Å². The SMILES string of the molecule is CC(NC(=O)Cc1ccc(C(N)=S)cc1)c1nn[nH]n1. The predicted molar refractivity (Wildman–Crippen MR) is 76.8 cm³/mol. The molecule has 1 aromatic carbocycles. The van der Waals surface area contributed by atoms with Gasteiger partial charge in [0.1, 0.15) is 4.99 Å². The fourth-order valence-electron chi connectivity index (χ4n) is 1.68. The number of rotatable bonds is 5. The third kappa shape index (κ3) is 3.58. The zero-order chi connectivity index (χ0) is 14.5. The summed E-state index contributed by atoms with van der Waals surface area (Å²) in [6, 6.07) is 6.96. The molecule has 0 saturated heterocycles. The maximum absolute atomic E-state index is 11.9. The van der Waals surface area contributed by atoms with Crippen LogP contribution in [-0.4, -0.2) is 31.5 Å². The molecule has 1 amide bonds. The van der Waals surface area contributed by atoms with Crippen LogP contribution >= 0.6 is 12.2 Å². The van der Waals surface area contributed by atoms with Crippen LogP contribution in [0.1, 0.15) is 29.9 Å². The smallest absolute Gasteiger partial charge is 0.225 e. The topological polar surface area (TPSA) is 110 Å². The fraction of sp³-hybridized carbons (Fsp3) is 0.250. The summed E-state index contributed by atoms with van der Waals surface area (Å²) in [4.78, 5) is 12.2. The summed E-state index contributed by atoms with van der Waals surface area (Å²) in [5, 5.41) is 16.2. The van der Waals surface area contributed by atoms with Crippen molar-refractivity contribution in [1.29, 1.82) is 0 Å². The molecule has 2 aromatic rings. The van der Waals surface area contributed by atoms with Crippen LogP contribution in [0.25, 0.3) is 0 Å². The van der Waals surface area contributed by atoms with Crippen LogP contribution in [0.3, 0.4) is 0 Å². The van der Waals surface area contributed by atoms with E-state index in [0.717, 1.165) is 11.1 Å². The Balaban J connectivity index is 1.92. The molecule has 2 rings (SSSR count). The number of aromatic amines is 1. The maximum atomic E-state index is 11.9. The molecule has 8 heteroatoms. The van der Waals surface area contributed by atoms with Crippen molar-refractivity contribution in [2.75, 3.05) is 0 Å². The molecule has 0 fully saturated rings. The molecule has 7 nitrogen and oxygen atoms in total. The highest BCUT2D eigenvalue weighted by molar-refractivity contribution is 7.80. The summed E-state index contributed by atoms with van der Waals surface area (Å²) < 4.78 is 0. The van der Waals surface area contributed by atoms with Crippen molar-refractivity contribution in [2.45, 2.75) is 19.4 Å². The van der Waals surface area contributed by atoms with Gasteiger partial charge in [0.2, 0.25) is 5.91 Å². The minimum atomic E-state index is -0.294. The number of hydrogen-bond acceptors (Lipinski definition) is 5. The highest BCUT2D eigenvalue weighted by Crippen LogP contribution is 2.07. The molecule has 1 atom stereocenters. The van der Waals surface area contributed by atoms with Gasteiger partial charge in [-0.05, 0) is 12.5 Å². The Morgan fingerprint density at radius 2 is 2.15 bits per heavy atom. The Kier molecular flexibility index (Phi) is 4.36. The van der Waals surface area contributed by atoms with Gasteiger partial charge in [0.15, 0.2) is 5.82 Å². The van der Waals surface area contributed by atoms with Crippen LogP contribution in [-0.2, 0) is 11.2 Å². The lowest BCUT2D eigenvalue weighted by Gasteiger charge is -2.10. The molecule has 0 saturated carbocycles. The van der Waals surface area contributed by atoms with Crippen molar-refractivity contribution in [1.82, 2.24) is 25.9 Å². The normalized spacial score (nSPS) is 11.8. The van der Waals surface area contributed by atoms with Crippen LogP contribution in [0.4, 0.5) is 0 Å². The van der Waals surface area contributed by atoms with Crippen LogP contribution in [0.5, 0.6) is 0 Å². The molecule has 0 aliphatic heterocycles. The lowest BCUT2D eigenvalue weighted by atomic mass is 10.1. The second-order valence-corrected chi connectivity index (χ2v) is 4.74. The lowest BCUT2D eigenvalue weighted by molar-refractivity contribution is -0.121. The van der Waals surface area contributed by atoms with E-state index in [4.69, 9.17) is 18.0 Å². The molecule has 0 aliphatic rings. The Labute approximate surface area is 120 Å². The number of nitrogens with zero attached hydrogens (tertiary/aromatic N) is 3. The molecule has 0 radical (unpaired) electrons. The van der Waals surface area contributed by atoms with E-state index >= 15 is 0 Å². The van der Waals surface area contributed by atoms with E-state index in [2.05, 4.69) is 25.9 Å². The number of nitrogens with one attached hydrogen (secondary N) is 2. The summed E-state index contributed by atoms with van der Waals surface area (Å²) >= 11 is 4.87. The summed E-state index contributed by atoms with van der Waals surface area (Å²) in [6.07, 6.45) is 0.264. The van der Waals surface area contributed by atoms with Gasteiger partial charge in [-0.15, -0.1) is 10.2 Å². The second kappa shape index (κ2) is 6.20. The first kappa shape index (κ1) is 14.1. The average molecular weight is 290 g/mol. The molecule has 1 aromatic heterocycles. The van der Waals surface area contributed by atoms with E-state index < -0.39 is 0 Å². The highest BCUT2D eigenvalue weighted by Gasteiger charge is 2.13. The van der Waals surface area contributed by atoms with Crippen LogP contribution < -0.4 is 11.1 Å². The first-order valence-corrected chi connectivity index (χ1v) is 6.38. The van der Waals surface area contributed by atoms with E-state index in [0.29, 0.717) is 10.8 Å². The van der Waals surface area contributed by atoms with Gasteiger partial charge in [-0.2, -0.15) is 5.21 Å². The minimum Gasteiger partial charge on any atom is -0.389 e. The molecule has 104 valence electrons. The Morgan fingerprint density at radius 1 is 1.45 bits per heavy atom. The molecular weight excluding hydrogens is 276 g/mol. The van der Waals surface area contributed by atoms with E-state index in [9.17, 15) is 4.79 Å². The van der Waals surface area contributed by atoms with E-state index in [1.165, 1.54) is 0 Å². The van der Waals surface area contributed by atoms with Gasteiger partial charge in [-0.1, -0.05) is 41.7 Å². The quantitative estimate of drug-likeness (QED) is 0.681. The van der Waals surface area contributed by atoms with Gasteiger partial charge in [-0.3, -0.25) is 4.79 Å². The average Bonchev–Trinajstić information content (AvgIpc) is 2.93. The lowest BCUT2D eigenvalue weighted by Crippen LogP contribution is -2.28. The number of thiocarbonyl (C=S) groups is 1. The molecular formula is C12H14N6OS. The van der Waals surface area contributed by atoms with Crippen molar-refractivity contribution in [3.63, 3.8) is 0 Å². The molecule has 0 spiro atoms. The van der Waals surface area contributed by atoms with Crippen molar-refractivity contribution in [3.05, 3.63) is 41.2 Å². The Hall–Kier alpha value is -2.35. The first-order valence-electron chi connectivity index (χ1n) is 5.97. The Morgan fingerprint density at radius 3 is 2.70 bits per heavy atom. The number of aromatic nitrogens is 4. The zero-order valence-corrected chi connectivity index (χ0v) is 11.6. The van der Waals surface area contributed by atoms with Gasteiger partial charge in [0.05, 0.1) is 12.5 Å². The number of amides is 1. The third-order valence-electron chi connectivity index (χ3n) is 2.73. The summed E-state index contributed by atoms with van der Waals surface area (Å²) in [5.41, 5.74) is 7.17. The maximum Gasteiger partial charge on any atom is 0.225 e. The highest BCUT2D eigenvalue weighted by atomic mass is 32.1. The Bertz CT molecular complexity index is 595. The van der Waals surface area contributed by atoms with Crippen LogP contribution in [0.2, 0.25) is 0 Å². The third-order valence-corrected chi connectivity index (χ3v) is 2.97. The largest absolute Gasteiger partial charge is 0.389 e. The zero-order valence-electron chi connectivity index (χ0n) is 10.8. The van der Waals surface area contributed by atoms with E-state index in [-0.39, 0.29) is 18.4 Å². The number of benzene rings is 1. The summed E-state index contributed by atoms with van der Waals surface area (Å²) in [7, 11) is 0. The van der Waals surface area contributed by atoms with Crippen LogP contribution in [0, 0.1) is 0 Å². The fourth-order valence-corrected chi connectivity index (χ4v) is 1.82. The summed E-state index contributed by atoms with van der Waals surface area (Å²) in [5.74, 6) is 0.326. The van der Waals surface area contributed by atoms with Crippen molar-refractivity contribution < 1.29 is 4.79 Å². The molecule has 1 heterocycles. The molecule has 0 bridgehead atoms. The van der Waals surface area contributed by atoms with Gasteiger partial charge >= 0.3 is 0 Å². The number of carbonyl (C=O) groups is 1. The minimum absolute atomic E-state index is 0.120. The van der Waals surface area contributed by atoms with Gasteiger partial charge in [0, 0.05) is 5.56 Å². The number of tetrazole rings is 1. The molecule has 4 N–H and O–H groups in total. The molecule has 1 unspecified atom stereocenters. The van der Waals surface area contributed by atoms with Gasteiger partial charge in [0.25, 0.3) is 0 Å². The standard InChI is InChI=1S/C12H14N6OS/c1-7(12-15-17-18-16-12)14-10(19)6-8-2-4-9(5-3-8)11(13)20/h2-5,7H,6H2,1H3,(H2,13,20)(H,14,19)(H,15,16,17,18). The van der Waals surface area contributed by atoms with Crippen LogP contribution in [0.15, 0.2) is 24.3 Å². The van der Waals surface area contributed by atoms with E-state index in [1.807, 2.05) is 12.1 Å². The molecule has 0 aliphatic carbocycles.